The molecular weight excluding hydrogens is 398 g/mol. The Labute approximate surface area is 179 Å². The summed E-state index contributed by atoms with van der Waals surface area (Å²) in [4.78, 5) is 32.9. The van der Waals surface area contributed by atoms with E-state index < -0.39 is 0 Å². The van der Waals surface area contributed by atoms with E-state index in [9.17, 15) is 9.59 Å². The zero-order valence-electron chi connectivity index (χ0n) is 18.5. The first-order valence-corrected chi connectivity index (χ1v) is 10.2. The molecule has 1 atom stereocenters. The lowest BCUT2D eigenvalue weighted by molar-refractivity contribution is 0.399. The molecule has 1 aliphatic rings. The molecule has 0 saturated heterocycles. The minimum atomic E-state index is -0.385. The molecule has 3 heterocycles. The summed E-state index contributed by atoms with van der Waals surface area (Å²) >= 11 is 0. The number of fused-ring (bicyclic) bond motifs is 3. The largest absolute Gasteiger partial charge is 0.497 e. The van der Waals surface area contributed by atoms with E-state index in [0.717, 1.165) is 5.69 Å². The van der Waals surface area contributed by atoms with Crippen molar-refractivity contribution in [3.8, 4) is 11.5 Å². The zero-order valence-corrected chi connectivity index (χ0v) is 18.5. The molecule has 9 nitrogen and oxygen atoms in total. The number of allylic oxidation sites excluding steroid dienone is 2. The Morgan fingerprint density at radius 3 is 2.65 bits per heavy atom. The molecule has 31 heavy (non-hydrogen) atoms. The minimum absolute atomic E-state index is 0.224. The van der Waals surface area contributed by atoms with Crippen LogP contribution in [0.1, 0.15) is 13.8 Å². The lowest BCUT2D eigenvalue weighted by Crippen LogP contribution is -2.40. The molecule has 0 N–H and O–H groups in total. The van der Waals surface area contributed by atoms with Crippen molar-refractivity contribution in [2.24, 2.45) is 13.0 Å². The highest BCUT2D eigenvalue weighted by Crippen LogP contribution is 2.39. The predicted octanol–water partition coefficient (Wildman–Crippen LogP) is 2.28. The fourth-order valence-electron chi connectivity index (χ4n) is 4.09. The first kappa shape index (κ1) is 20.8. The molecule has 164 valence electrons. The van der Waals surface area contributed by atoms with Crippen molar-refractivity contribution in [2.75, 3.05) is 25.7 Å². The van der Waals surface area contributed by atoms with Crippen LogP contribution in [0.4, 0.5) is 11.6 Å². The summed E-state index contributed by atoms with van der Waals surface area (Å²) in [6, 6.07) is 5.58. The third kappa shape index (κ3) is 3.30. The quantitative estimate of drug-likeness (QED) is 0.583. The number of rotatable bonds is 5. The first-order valence-electron chi connectivity index (χ1n) is 10.2. The predicted molar refractivity (Wildman–Crippen MR) is 120 cm³/mol. The molecule has 1 aromatic carbocycles. The van der Waals surface area contributed by atoms with Gasteiger partial charge in [-0.1, -0.05) is 19.1 Å². The highest BCUT2D eigenvalue weighted by Gasteiger charge is 2.31. The van der Waals surface area contributed by atoms with Gasteiger partial charge >= 0.3 is 5.69 Å². The van der Waals surface area contributed by atoms with E-state index in [1.165, 1.54) is 9.13 Å². The zero-order chi connectivity index (χ0) is 22.3. The topological polar surface area (TPSA) is 83.5 Å². The number of hydrogen-bond donors (Lipinski definition) is 0. The summed E-state index contributed by atoms with van der Waals surface area (Å²) in [5, 5.41) is 0. The van der Waals surface area contributed by atoms with Crippen LogP contribution in [0.5, 0.6) is 11.5 Å². The smallest absolute Gasteiger partial charge is 0.332 e. The summed E-state index contributed by atoms with van der Waals surface area (Å²) < 4.78 is 15.6. The molecule has 0 radical (unpaired) electrons. The van der Waals surface area contributed by atoms with E-state index in [-0.39, 0.29) is 23.7 Å². The fourth-order valence-corrected chi connectivity index (χ4v) is 4.09. The highest BCUT2D eigenvalue weighted by atomic mass is 16.5. The van der Waals surface area contributed by atoms with Gasteiger partial charge in [-0.05, 0) is 25.0 Å². The second-order valence-corrected chi connectivity index (χ2v) is 7.77. The summed E-state index contributed by atoms with van der Waals surface area (Å²) in [6.45, 7) is 5.52. The van der Waals surface area contributed by atoms with Crippen molar-refractivity contribution in [1.82, 2.24) is 18.7 Å². The Bertz CT molecular complexity index is 1280. The second-order valence-electron chi connectivity index (χ2n) is 7.77. The molecular formula is C22H27N5O4. The third-order valence-electron chi connectivity index (χ3n) is 5.64. The number of ether oxygens (including phenoxy) is 2. The molecule has 0 bridgehead atoms. The van der Waals surface area contributed by atoms with Crippen molar-refractivity contribution < 1.29 is 9.47 Å². The molecule has 0 amide bonds. The van der Waals surface area contributed by atoms with E-state index in [2.05, 4.69) is 6.92 Å². The van der Waals surface area contributed by atoms with Crippen LogP contribution >= 0.6 is 0 Å². The van der Waals surface area contributed by atoms with Gasteiger partial charge in [0.05, 0.1) is 19.9 Å². The van der Waals surface area contributed by atoms with Crippen LogP contribution in [-0.2, 0) is 20.1 Å². The maximum absolute atomic E-state index is 13.3. The number of methoxy groups -OCH3 is 2. The Morgan fingerprint density at radius 1 is 1.19 bits per heavy atom. The van der Waals surface area contributed by atoms with Gasteiger partial charge in [-0.2, -0.15) is 4.98 Å². The highest BCUT2D eigenvalue weighted by molar-refractivity contribution is 5.78. The summed E-state index contributed by atoms with van der Waals surface area (Å²) in [5.41, 5.74) is 0.887. The normalized spacial score (nSPS) is 16.2. The Hall–Kier alpha value is -3.49. The number of aryl methyl sites for hydroxylation is 1. The van der Waals surface area contributed by atoms with Crippen LogP contribution in [0, 0.1) is 5.92 Å². The lowest BCUT2D eigenvalue weighted by Gasteiger charge is -2.33. The molecule has 3 aromatic rings. The number of anilines is 2. The summed E-state index contributed by atoms with van der Waals surface area (Å²) in [7, 11) is 4.88. The fraction of sp³-hybridized carbons (Fsp3) is 0.409. The molecule has 0 saturated carbocycles. The van der Waals surface area contributed by atoms with Gasteiger partial charge in [0.1, 0.15) is 11.5 Å². The maximum atomic E-state index is 13.3. The van der Waals surface area contributed by atoms with Gasteiger partial charge in [-0.25, -0.2) is 4.79 Å². The number of benzene rings is 1. The standard InChI is InChI=1S/C22H27N5O4/c1-6-7-10-25-20(28)18-19(24(3)22(25)29)23-21-26(12-14(2)13-27(18)21)16-11-15(30-4)8-9-17(16)31-5/h6-9,11,14H,10,12-13H2,1-5H3/b7-6+/t14-/m0/s1. The number of imidazole rings is 1. The molecule has 0 fully saturated rings. The van der Waals surface area contributed by atoms with Crippen LogP contribution in [0.25, 0.3) is 11.2 Å². The van der Waals surface area contributed by atoms with Gasteiger partial charge in [-0.3, -0.25) is 13.9 Å². The number of hydrogen-bond acceptors (Lipinski definition) is 6. The number of aromatic nitrogens is 4. The Morgan fingerprint density at radius 2 is 1.97 bits per heavy atom. The molecule has 4 rings (SSSR count). The maximum Gasteiger partial charge on any atom is 0.332 e. The van der Waals surface area contributed by atoms with E-state index in [1.54, 1.807) is 27.3 Å². The van der Waals surface area contributed by atoms with Crippen LogP contribution in [0.15, 0.2) is 39.9 Å². The molecule has 1 aliphatic heterocycles. The van der Waals surface area contributed by atoms with Gasteiger partial charge in [-0.15, -0.1) is 0 Å². The minimum Gasteiger partial charge on any atom is -0.497 e. The van der Waals surface area contributed by atoms with Gasteiger partial charge in [0.15, 0.2) is 11.2 Å². The van der Waals surface area contributed by atoms with Crippen molar-refractivity contribution in [1.29, 1.82) is 0 Å². The van der Waals surface area contributed by atoms with E-state index in [0.29, 0.717) is 41.7 Å². The van der Waals surface area contributed by atoms with Crippen LogP contribution < -0.4 is 25.6 Å². The lowest BCUT2D eigenvalue weighted by atomic mass is 10.1. The first-order chi connectivity index (χ1) is 14.9. The van der Waals surface area contributed by atoms with Crippen molar-refractivity contribution in [3.63, 3.8) is 0 Å². The summed E-state index contributed by atoms with van der Waals surface area (Å²) in [6.07, 6.45) is 3.61. The van der Waals surface area contributed by atoms with E-state index in [4.69, 9.17) is 14.5 Å². The summed E-state index contributed by atoms with van der Waals surface area (Å²) in [5.74, 6) is 2.21. The SMILES string of the molecule is C/C=C/Cn1c(=O)c2c(nc3n2C[C@@H](C)CN3c2cc(OC)ccc2OC)n(C)c1=O. The third-order valence-corrected chi connectivity index (χ3v) is 5.64. The van der Waals surface area contributed by atoms with Crippen molar-refractivity contribution in [2.45, 2.75) is 26.9 Å². The van der Waals surface area contributed by atoms with Gasteiger partial charge in [0.2, 0.25) is 5.95 Å². The van der Waals surface area contributed by atoms with Crippen LogP contribution in [0.3, 0.4) is 0 Å². The molecule has 0 spiro atoms. The second kappa shape index (κ2) is 7.98. The van der Waals surface area contributed by atoms with Gasteiger partial charge < -0.3 is 18.9 Å². The van der Waals surface area contributed by atoms with Gasteiger partial charge in [0, 0.05) is 32.7 Å². The molecule has 0 aliphatic carbocycles. The van der Waals surface area contributed by atoms with Crippen LogP contribution in [0.2, 0.25) is 0 Å². The van der Waals surface area contributed by atoms with E-state index in [1.807, 2.05) is 40.7 Å². The van der Waals surface area contributed by atoms with Gasteiger partial charge in [0.25, 0.3) is 5.56 Å². The molecule has 2 aromatic heterocycles. The average molecular weight is 425 g/mol. The Kier molecular flexibility index (Phi) is 5.34. The van der Waals surface area contributed by atoms with E-state index >= 15 is 0 Å². The van der Waals surface area contributed by atoms with Crippen molar-refractivity contribution >= 4 is 22.8 Å². The van der Waals surface area contributed by atoms with Crippen molar-refractivity contribution in [3.05, 3.63) is 51.2 Å². The van der Waals surface area contributed by atoms with Crippen LogP contribution in [-0.4, -0.2) is 39.4 Å². The molecule has 0 unspecified atom stereocenters. The monoisotopic (exact) mass is 425 g/mol. The number of nitrogens with zero attached hydrogens (tertiary/aromatic N) is 5. The molecule has 9 heteroatoms. The average Bonchev–Trinajstić information content (AvgIpc) is 3.16. The Balaban J connectivity index is 2.01.